The molecule has 2 aliphatic heterocycles. The van der Waals surface area contributed by atoms with E-state index < -0.39 is 0 Å². The molecule has 0 aromatic heterocycles. The van der Waals surface area contributed by atoms with E-state index in [0.29, 0.717) is 0 Å². The second kappa shape index (κ2) is 3.75. The van der Waals surface area contributed by atoms with E-state index in [1.54, 1.807) is 0 Å². The van der Waals surface area contributed by atoms with Crippen LogP contribution in [0.15, 0.2) is 0 Å². The summed E-state index contributed by atoms with van der Waals surface area (Å²) in [5, 5.41) is 3.65. The molecule has 0 amide bonds. The van der Waals surface area contributed by atoms with Crippen LogP contribution in [0.25, 0.3) is 0 Å². The Balaban J connectivity index is 1.96. The number of nitrogens with one attached hydrogen (secondary N) is 1. The molecule has 2 fully saturated rings. The minimum atomic E-state index is 0.797. The molecule has 2 atom stereocenters. The average molecular weight is 168 g/mol. The summed E-state index contributed by atoms with van der Waals surface area (Å²) < 4.78 is 0. The van der Waals surface area contributed by atoms with E-state index in [4.69, 9.17) is 0 Å². The van der Waals surface area contributed by atoms with E-state index in [1.807, 2.05) is 0 Å². The summed E-state index contributed by atoms with van der Waals surface area (Å²) in [4.78, 5) is 2.48. The molecule has 12 heavy (non-hydrogen) atoms. The van der Waals surface area contributed by atoms with Crippen molar-refractivity contribution in [1.29, 1.82) is 0 Å². The van der Waals surface area contributed by atoms with Gasteiger partial charge in [0.1, 0.15) is 0 Å². The second-order valence-electron chi connectivity index (χ2n) is 4.37. The van der Waals surface area contributed by atoms with Crippen molar-refractivity contribution < 1.29 is 0 Å². The van der Waals surface area contributed by atoms with Gasteiger partial charge in [0.25, 0.3) is 0 Å². The zero-order chi connectivity index (χ0) is 8.39. The van der Waals surface area contributed by atoms with Crippen molar-refractivity contribution in [1.82, 2.24) is 10.2 Å². The van der Waals surface area contributed by atoms with Crippen molar-refractivity contribution in [2.24, 2.45) is 5.92 Å². The first-order valence-electron chi connectivity index (χ1n) is 5.28. The smallest absolute Gasteiger partial charge is 0.0223 e. The molecule has 0 spiro atoms. The SMILES string of the molecule is CN1CCCC2CCCNC2C1. The van der Waals surface area contributed by atoms with Crippen LogP contribution in [0, 0.1) is 5.92 Å². The van der Waals surface area contributed by atoms with Gasteiger partial charge >= 0.3 is 0 Å². The number of likely N-dealkylation sites (tertiary alicyclic amines) is 1. The number of piperidine rings is 1. The molecule has 2 aliphatic rings. The Morgan fingerprint density at radius 3 is 3.00 bits per heavy atom. The maximum absolute atomic E-state index is 3.65. The molecule has 0 aliphatic carbocycles. The first kappa shape index (κ1) is 8.52. The standard InChI is InChI=1S/C10H20N2/c1-12-7-3-5-9-4-2-6-11-10(9)8-12/h9-11H,2-8H2,1H3. The van der Waals surface area contributed by atoms with Gasteiger partial charge in [-0.3, -0.25) is 0 Å². The summed E-state index contributed by atoms with van der Waals surface area (Å²) in [7, 11) is 2.25. The van der Waals surface area contributed by atoms with Crippen LogP contribution in [0.4, 0.5) is 0 Å². The Morgan fingerprint density at radius 2 is 2.08 bits per heavy atom. The molecule has 0 saturated carbocycles. The van der Waals surface area contributed by atoms with Gasteiger partial charge in [0.05, 0.1) is 0 Å². The van der Waals surface area contributed by atoms with Gasteiger partial charge in [-0.1, -0.05) is 0 Å². The average Bonchev–Trinajstić information content (AvgIpc) is 2.25. The lowest BCUT2D eigenvalue weighted by molar-refractivity contribution is 0.238. The van der Waals surface area contributed by atoms with Crippen molar-refractivity contribution in [3.8, 4) is 0 Å². The highest BCUT2D eigenvalue weighted by molar-refractivity contribution is 4.85. The second-order valence-corrected chi connectivity index (χ2v) is 4.37. The highest BCUT2D eigenvalue weighted by Gasteiger charge is 2.27. The van der Waals surface area contributed by atoms with Crippen molar-refractivity contribution in [3.63, 3.8) is 0 Å². The van der Waals surface area contributed by atoms with Crippen LogP contribution in [0.5, 0.6) is 0 Å². The van der Waals surface area contributed by atoms with Gasteiger partial charge in [-0.15, -0.1) is 0 Å². The van der Waals surface area contributed by atoms with Crippen LogP contribution >= 0.6 is 0 Å². The fourth-order valence-corrected chi connectivity index (χ4v) is 2.63. The molecule has 2 saturated heterocycles. The Bertz CT molecular complexity index is 147. The van der Waals surface area contributed by atoms with Crippen molar-refractivity contribution in [2.45, 2.75) is 31.7 Å². The number of likely N-dealkylation sites (N-methyl/N-ethyl adjacent to an activating group) is 1. The van der Waals surface area contributed by atoms with E-state index >= 15 is 0 Å². The molecule has 2 nitrogen and oxygen atoms in total. The number of hydrogen-bond donors (Lipinski definition) is 1. The van der Waals surface area contributed by atoms with E-state index in [-0.39, 0.29) is 0 Å². The highest BCUT2D eigenvalue weighted by atomic mass is 15.1. The summed E-state index contributed by atoms with van der Waals surface area (Å²) in [6.45, 7) is 3.81. The third-order valence-corrected chi connectivity index (χ3v) is 3.35. The molecule has 0 bridgehead atoms. The molecule has 1 N–H and O–H groups in total. The van der Waals surface area contributed by atoms with Gasteiger partial charge in [-0.05, 0) is 51.7 Å². The number of rotatable bonds is 0. The fraction of sp³-hybridized carbons (Fsp3) is 1.00. The predicted molar refractivity (Wildman–Crippen MR) is 51.2 cm³/mol. The zero-order valence-electron chi connectivity index (χ0n) is 8.05. The minimum absolute atomic E-state index is 0.797. The molecule has 2 heterocycles. The van der Waals surface area contributed by atoms with Gasteiger partial charge in [0.15, 0.2) is 0 Å². The quantitative estimate of drug-likeness (QED) is 0.582. The van der Waals surface area contributed by atoms with E-state index in [9.17, 15) is 0 Å². The summed E-state index contributed by atoms with van der Waals surface area (Å²) in [5.41, 5.74) is 0. The molecule has 0 radical (unpaired) electrons. The topological polar surface area (TPSA) is 15.3 Å². The lowest BCUT2D eigenvalue weighted by Gasteiger charge is -2.32. The molecule has 70 valence electrons. The predicted octanol–water partition coefficient (Wildman–Crippen LogP) is 1.08. The molecular weight excluding hydrogens is 148 g/mol. The molecule has 2 rings (SSSR count). The van der Waals surface area contributed by atoms with Crippen molar-refractivity contribution in [3.05, 3.63) is 0 Å². The largest absolute Gasteiger partial charge is 0.312 e. The third kappa shape index (κ3) is 1.80. The number of fused-ring (bicyclic) bond motifs is 1. The highest BCUT2D eigenvalue weighted by Crippen LogP contribution is 2.24. The van der Waals surface area contributed by atoms with Crippen LogP contribution < -0.4 is 5.32 Å². The Kier molecular flexibility index (Phi) is 2.66. The third-order valence-electron chi connectivity index (χ3n) is 3.35. The lowest BCUT2D eigenvalue weighted by atomic mass is 9.88. The summed E-state index contributed by atoms with van der Waals surface area (Å²) in [6, 6.07) is 0.797. The van der Waals surface area contributed by atoms with E-state index in [0.717, 1.165) is 12.0 Å². The zero-order valence-corrected chi connectivity index (χ0v) is 8.05. The Labute approximate surface area is 75.3 Å². The molecule has 2 unspecified atom stereocenters. The molecule has 2 heteroatoms. The van der Waals surface area contributed by atoms with Crippen LogP contribution in [0.1, 0.15) is 25.7 Å². The van der Waals surface area contributed by atoms with Gasteiger partial charge in [0.2, 0.25) is 0 Å². The van der Waals surface area contributed by atoms with Gasteiger partial charge in [-0.2, -0.15) is 0 Å². The van der Waals surface area contributed by atoms with Gasteiger partial charge in [-0.25, -0.2) is 0 Å². The van der Waals surface area contributed by atoms with Crippen molar-refractivity contribution in [2.75, 3.05) is 26.7 Å². The lowest BCUT2D eigenvalue weighted by Crippen LogP contribution is -2.46. The first-order chi connectivity index (χ1) is 5.86. The number of hydrogen-bond acceptors (Lipinski definition) is 2. The molecule has 0 aromatic rings. The first-order valence-corrected chi connectivity index (χ1v) is 5.28. The number of nitrogens with zero attached hydrogens (tertiary/aromatic N) is 1. The van der Waals surface area contributed by atoms with Gasteiger partial charge in [0, 0.05) is 12.6 Å². The van der Waals surface area contributed by atoms with E-state index in [2.05, 4.69) is 17.3 Å². The summed E-state index contributed by atoms with van der Waals surface area (Å²) >= 11 is 0. The van der Waals surface area contributed by atoms with Gasteiger partial charge < -0.3 is 10.2 Å². The van der Waals surface area contributed by atoms with Crippen LogP contribution in [0.2, 0.25) is 0 Å². The monoisotopic (exact) mass is 168 g/mol. The van der Waals surface area contributed by atoms with Crippen LogP contribution in [0.3, 0.4) is 0 Å². The van der Waals surface area contributed by atoms with Crippen LogP contribution in [-0.4, -0.2) is 37.6 Å². The minimum Gasteiger partial charge on any atom is -0.312 e. The summed E-state index contributed by atoms with van der Waals surface area (Å²) in [5.74, 6) is 0.976. The maximum atomic E-state index is 3.65. The normalized spacial score (nSPS) is 38.8. The van der Waals surface area contributed by atoms with Crippen molar-refractivity contribution >= 4 is 0 Å². The van der Waals surface area contributed by atoms with Crippen LogP contribution in [-0.2, 0) is 0 Å². The Hall–Kier alpha value is -0.0800. The van der Waals surface area contributed by atoms with E-state index in [1.165, 1.54) is 45.3 Å². The molecule has 0 aromatic carbocycles. The maximum Gasteiger partial charge on any atom is 0.0223 e. The molecular formula is C10H20N2. The Morgan fingerprint density at radius 1 is 1.25 bits per heavy atom. The fourth-order valence-electron chi connectivity index (χ4n) is 2.63. The summed E-state index contributed by atoms with van der Waals surface area (Å²) in [6.07, 6.45) is 5.71.